The second-order valence-electron chi connectivity index (χ2n) is 10.5. The Morgan fingerprint density at radius 2 is 2.06 bits per heavy atom. The van der Waals surface area contributed by atoms with Crippen LogP contribution >= 0.6 is 0 Å². The van der Waals surface area contributed by atoms with Crippen molar-refractivity contribution in [1.82, 2.24) is 9.96 Å². The zero-order valence-electron chi connectivity index (χ0n) is 22.0. The molecular weight excluding hydrogens is 444 g/mol. The summed E-state index contributed by atoms with van der Waals surface area (Å²) in [5.41, 5.74) is 1.95. The second kappa shape index (κ2) is 12.0. The fourth-order valence-electron chi connectivity index (χ4n) is 5.50. The van der Waals surface area contributed by atoms with Crippen molar-refractivity contribution in [2.24, 2.45) is 11.3 Å². The smallest absolute Gasteiger partial charge is 0.308 e. The molecular formula is C28H42N2O5. The average Bonchev–Trinajstić information content (AvgIpc) is 3.40. The molecule has 35 heavy (non-hydrogen) atoms. The van der Waals surface area contributed by atoms with Gasteiger partial charge in [-0.15, -0.1) is 0 Å². The van der Waals surface area contributed by atoms with Gasteiger partial charge in [-0.1, -0.05) is 52.0 Å². The molecule has 1 fully saturated rings. The van der Waals surface area contributed by atoms with Gasteiger partial charge >= 0.3 is 5.97 Å². The maximum Gasteiger partial charge on any atom is 0.308 e. The number of hydrogen-bond acceptors (Lipinski definition) is 5. The van der Waals surface area contributed by atoms with Crippen molar-refractivity contribution in [3.63, 3.8) is 0 Å². The molecule has 3 atom stereocenters. The highest BCUT2D eigenvalue weighted by Crippen LogP contribution is 2.43. The van der Waals surface area contributed by atoms with Gasteiger partial charge in [0, 0.05) is 31.5 Å². The van der Waals surface area contributed by atoms with Crippen LogP contribution in [0.5, 0.6) is 5.75 Å². The quantitative estimate of drug-likeness (QED) is 0.342. The van der Waals surface area contributed by atoms with E-state index in [4.69, 9.17) is 9.57 Å². The molecule has 7 nitrogen and oxygen atoms in total. The molecule has 1 aromatic carbocycles. The summed E-state index contributed by atoms with van der Waals surface area (Å²) in [6.45, 7) is 12.6. The van der Waals surface area contributed by atoms with Gasteiger partial charge < -0.3 is 9.84 Å². The molecule has 3 rings (SSSR count). The number of carbonyl (C=O) groups is 2. The summed E-state index contributed by atoms with van der Waals surface area (Å²) in [6.07, 6.45) is 7.25. The van der Waals surface area contributed by atoms with Gasteiger partial charge in [-0.2, -0.15) is 0 Å². The van der Waals surface area contributed by atoms with Crippen molar-refractivity contribution in [1.29, 1.82) is 0 Å². The van der Waals surface area contributed by atoms with Gasteiger partial charge in [0.05, 0.1) is 25.7 Å². The third-order valence-corrected chi connectivity index (χ3v) is 7.02. The largest absolute Gasteiger partial charge is 0.493 e. The van der Waals surface area contributed by atoms with E-state index in [1.807, 2.05) is 39.0 Å². The van der Waals surface area contributed by atoms with Gasteiger partial charge in [0.1, 0.15) is 5.75 Å². The van der Waals surface area contributed by atoms with Crippen molar-refractivity contribution in [3.8, 4) is 5.75 Å². The Bertz CT molecular complexity index is 913. The Balaban J connectivity index is 1.92. The highest BCUT2D eigenvalue weighted by Gasteiger charge is 2.48. The molecule has 0 radical (unpaired) electrons. The second-order valence-corrected chi connectivity index (χ2v) is 10.5. The Morgan fingerprint density at radius 3 is 2.71 bits per heavy atom. The van der Waals surface area contributed by atoms with E-state index in [-0.39, 0.29) is 29.8 Å². The molecule has 0 aromatic heterocycles. The zero-order valence-corrected chi connectivity index (χ0v) is 22.0. The molecule has 1 amide bonds. The van der Waals surface area contributed by atoms with Crippen LogP contribution in [0, 0.1) is 11.3 Å². The predicted molar refractivity (Wildman–Crippen MR) is 136 cm³/mol. The molecule has 1 saturated heterocycles. The van der Waals surface area contributed by atoms with Crippen LogP contribution in [-0.4, -0.2) is 65.8 Å². The number of likely N-dealkylation sites (tertiary alicyclic amines) is 1. The maximum atomic E-state index is 13.3. The number of carboxylic acid groups (broad SMARTS) is 1. The number of nitrogens with zero attached hydrogens (tertiary/aromatic N) is 2. The lowest BCUT2D eigenvalue weighted by Gasteiger charge is -2.33. The van der Waals surface area contributed by atoms with Crippen LogP contribution in [0.4, 0.5) is 0 Å². The first-order valence-corrected chi connectivity index (χ1v) is 13.0. The predicted octanol–water partition coefficient (Wildman–Crippen LogP) is 4.66. The van der Waals surface area contributed by atoms with Crippen LogP contribution in [0.1, 0.15) is 70.9 Å². The minimum Gasteiger partial charge on any atom is -0.493 e. The van der Waals surface area contributed by atoms with Gasteiger partial charge in [-0.3, -0.25) is 19.3 Å². The van der Waals surface area contributed by atoms with Gasteiger partial charge in [-0.25, -0.2) is 5.06 Å². The first kappa shape index (κ1) is 27.2. The summed E-state index contributed by atoms with van der Waals surface area (Å²) in [4.78, 5) is 33.8. The highest BCUT2D eigenvalue weighted by atomic mass is 16.7. The van der Waals surface area contributed by atoms with E-state index in [9.17, 15) is 14.7 Å². The maximum absolute atomic E-state index is 13.3. The number of hydroxylamine groups is 2. The lowest BCUT2D eigenvalue weighted by molar-refractivity contribution is -0.188. The summed E-state index contributed by atoms with van der Waals surface area (Å²) in [5, 5.41) is 11.9. The summed E-state index contributed by atoms with van der Waals surface area (Å²) in [5.74, 6) is -0.839. The molecule has 3 unspecified atom stereocenters. The lowest BCUT2D eigenvalue weighted by Crippen LogP contribution is -2.45. The number of ether oxygens (including phenoxy) is 1. The number of benzene rings is 1. The van der Waals surface area contributed by atoms with Crippen molar-refractivity contribution >= 4 is 11.9 Å². The summed E-state index contributed by atoms with van der Waals surface area (Å²) in [7, 11) is 0. The number of amides is 1. The number of rotatable bonds is 12. The Hall–Kier alpha value is -2.38. The van der Waals surface area contributed by atoms with E-state index in [1.54, 1.807) is 0 Å². The monoisotopic (exact) mass is 486 g/mol. The van der Waals surface area contributed by atoms with Crippen LogP contribution in [0.2, 0.25) is 0 Å². The number of carboxylic acids is 1. The number of carbonyl (C=O) groups excluding carboxylic acids is 1. The standard InChI is InChI=1S/C28H42N2O5/c1-6-12-28(4,5)17-23-26(27(32)33)22(20-9-10-24-21(16-20)11-15-34-24)18-29(23)19-25(31)30(13-7-2)35-14-8-3/h6,9-10,12,16,22-23,26H,7-8,11,13-15,17-19H2,1-5H3,(H,32,33)/b12-6+. The van der Waals surface area contributed by atoms with Crippen molar-refractivity contribution in [3.05, 3.63) is 41.5 Å². The highest BCUT2D eigenvalue weighted by molar-refractivity contribution is 5.78. The molecule has 0 bridgehead atoms. The number of aliphatic carboxylic acids is 1. The third-order valence-electron chi connectivity index (χ3n) is 7.02. The number of hydrogen-bond donors (Lipinski definition) is 1. The normalized spacial score (nSPS) is 22.4. The number of allylic oxidation sites excluding steroid dienone is 2. The minimum absolute atomic E-state index is 0.110. The molecule has 0 saturated carbocycles. The van der Waals surface area contributed by atoms with Crippen LogP contribution in [0.3, 0.4) is 0 Å². The van der Waals surface area contributed by atoms with E-state index in [1.165, 1.54) is 5.06 Å². The van der Waals surface area contributed by atoms with Crippen molar-refractivity contribution < 1.29 is 24.3 Å². The summed E-state index contributed by atoms with van der Waals surface area (Å²) in [6, 6.07) is 5.80. The van der Waals surface area contributed by atoms with Gasteiger partial charge in [-0.05, 0) is 48.8 Å². The molecule has 2 heterocycles. The van der Waals surface area contributed by atoms with E-state index >= 15 is 0 Å². The van der Waals surface area contributed by atoms with Gasteiger partial charge in [0.2, 0.25) is 0 Å². The van der Waals surface area contributed by atoms with E-state index < -0.39 is 11.9 Å². The van der Waals surface area contributed by atoms with E-state index in [2.05, 4.69) is 30.9 Å². The van der Waals surface area contributed by atoms with Gasteiger partial charge in [0.25, 0.3) is 5.91 Å². The van der Waals surface area contributed by atoms with Crippen LogP contribution in [0.15, 0.2) is 30.4 Å². The molecule has 0 spiro atoms. The van der Waals surface area contributed by atoms with Crippen LogP contribution in [0.25, 0.3) is 0 Å². The SMILES string of the molecule is C/C=C/C(C)(C)CC1C(C(=O)O)C(c2ccc3c(c2)CCO3)CN1CC(=O)N(CCC)OCCC. The molecule has 1 N–H and O–H groups in total. The first-order chi connectivity index (χ1) is 16.7. The Labute approximate surface area is 210 Å². The van der Waals surface area contributed by atoms with E-state index in [0.29, 0.717) is 32.7 Å². The van der Waals surface area contributed by atoms with Crippen molar-refractivity contribution in [2.75, 3.05) is 32.8 Å². The molecule has 7 heteroatoms. The van der Waals surface area contributed by atoms with Gasteiger partial charge in [0.15, 0.2) is 0 Å². The van der Waals surface area contributed by atoms with Crippen LogP contribution < -0.4 is 4.74 Å². The van der Waals surface area contributed by atoms with Crippen LogP contribution in [-0.2, 0) is 20.8 Å². The zero-order chi connectivity index (χ0) is 25.6. The fourth-order valence-corrected chi connectivity index (χ4v) is 5.50. The molecule has 194 valence electrons. The fraction of sp³-hybridized carbons (Fsp3) is 0.643. The molecule has 0 aliphatic carbocycles. The summed E-state index contributed by atoms with van der Waals surface area (Å²) >= 11 is 0. The third kappa shape index (κ3) is 6.64. The molecule has 1 aromatic rings. The van der Waals surface area contributed by atoms with E-state index in [0.717, 1.165) is 36.1 Å². The summed E-state index contributed by atoms with van der Waals surface area (Å²) < 4.78 is 5.66. The minimum atomic E-state index is -0.810. The Kier molecular flexibility index (Phi) is 9.36. The molecule has 2 aliphatic heterocycles. The molecule has 2 aliphatic rings. The topological polar surface area (TPSA) is 79.3 Å². The number of fused-ring (bicyclic) bond motifs is 1. The van der Waals surface area contributed by atoms with Crippen molar-refractivity contribution in [2.45, 2.75) is 72.3 Å². The average molecular weight is 487 g/mol. The Morgan fingerprint density at radius 1 is 1.29 bits per heavy atom. The first-order valence-electron chi connectivity index (χ1n) is 13.0. The lowest BCUT2D eigenvalue weighted by atomic mass is 9.77.